The van der Waals surface area contributed by atoms with Crippen molar-refractivity contribution in [1.29, 1.82) is 0 Å². The van der Waals surface area contributed by atoms with E-state index in [-0.39, 0.29) is 18.3 Å². The van der Waals surface area contributed by atoms with E-state index in [1.54, 1.807) is 42.3 Å². The van der Waals surface area contributed by atoms with Crippen molar-refractivity contribution in [2.45, 2.75) is 6.42 Å². The number of rotatable bonds is 4. The Morgan fingerprint density at radius 2 is 1.91 bits per heavy atom. The normalized spacial score (nSPS) is 13.4. The highest BCUT2D eigenvalue weighted by Crippen LogP contribution is 2.31. The quantitative estimate of drug-likeness (QED) is 0.871. The predicted molar refractivity (Wildman–Crippen MR) is 86.2 cm³/mol. The van der Waals surface area contributed by atoms with Crippen molar-refractivity contribution < 1.29 is 19.1 Å². The van der Waals surface area contributed by atoms with E-state index in [1.165, 1.54) is 0 Å². The number of carbonyl (C=O) groups excluding carboxylic acids is 2. The lowest BCUT2D eigenvalue weighted by atomic mass is 10.00. The van der Waals surface area contributed by atoms with Crippen LogP contribution in [0.15, 0.2) is 48.5 Å². The summed E-state index contributed by atoms with van der Waals surface area (Å²) in [5.41, 5.74) is 1.13. The Hall–Kier alpha value is -2.82. The van der Waals surface area contributed by atoms with E-state index in [0.717, 1.165) is 0 Å². The predicted octanol–water partition coefficient (Wildman–Crippen LogP) is 2.69. The van der Waals surface area contributed by atoms with Crippen LogP contribution in [-0.2, 0) is 4.79 Å². The maximum atomic E-state index is 12.5. The lowest BCUT2D eigenvalue weighted by molar-refractivity contribution is -0.120. The highest BCUT2D eigenvalue weighted by molar-refractivity contribution is 6.09. The molecular weight excluding hydrogens is 294 g/mol. The van der Waals surface area contributed by atoms with E-state index < -0.39 is 0 Å². The first-order valence-electron chi connectivity index (χ1n) is 7.38. The highest BCUT2D eigenvalue weighted by Gasteiger charge is 2.27. The SMILES string of the molecule is COc1ccc2c(c1)N(C(=O)COc1ccccc1)CCC2=O. The number of methoxy groups -OCH3 is 1. The molecule has 0 radical (unpaired) electrons. The molecule has 118 valence electrons. The number of carbonyl (C=O) groups is 2. The average Bonchev–Trinajstić information content (AvgIpc) is 2.60. The number of ketones is 1. The van der Waals surface area contributed by atoms with Crippen LogP contribution in [0.25, 0.3) is 0 Å². The molecule has 0 N–H and O–H groups in total. The average molecular weight is 311 g/mol. The number of amides is 1. The molecule has 0 saturated carbocycles. The third kappa shape index (κ3) is 3.18. The number of benzene rings is 2. The highest BCUT2D eigenvalue weighted by atomic mass is 16.5. The Morgan fingerprint density at radius 3 is 2.65 bits per heavy atom. The summed E-state index contributed by atoms with van der Waals surface area (Å²) >= 11 is 0. The van der Waals surface area contributed by atoms with Gasteiger partial charge in [0.05, 0.1) is 12.8 Å². The second kappa shape index (κ2) is 6.52. The fraction of sp³-hybridized carbons (Fsp3) is 0.222. The molecule has 2 aromatic rings. The molecule has 0 unspecified atom stereocenters. The van der Waals surface area contributed by atoms with Crippen LogP contribution in [-0.4, -0.2) is 32.0 Å². The smallest absolute Gasteiger partial charge is 0.264 e. The molecule has 5 heteroatoms. The first-order chi connectivity index (χ1) is 11.2. The zero-order valence-electron chi connectivity index (χ0n) is 12.8. The molecule has 1 amide bonds. The third-order valence-corrected chi connectivity index (χ3v) is 3.77. The van der Waals surface area contributed by atoms with Crippen molar-refractivity contribution in [2.24, 2.45) is 0 Å². The summed E-state index contributed by atoms with van der Waals surface area (Å²) in [7, 11) is 1.55. The van der Waals surface area contributed by atoms with E-state index in [1.807, 2.05) is 18.2 Å². The number of para-hydroxylation sites is 1. The van der Waals surface area contributed by atoms with Gasteiger partial charge in [-0.3, -0.25) is 9.59 Å². The summed E-state index contributed by atoms with van der Waals surface area (Å²) in [5.74, 6) is 1.10. The van der Waals surface area contributed by atoms with Gasteiger partial charge >= 0.3 is 0 Å². The number of ether oxygens (including phenoxy) is 2. The van der Waals surface area contributed by atoms with Crippen molar-refractivity contribution in [3.8, 4) is 11.5 Å². The lowest BCUT2D eigenvalue weighted by Gasteiger charge is -2.29. The Bertz CT molecular complexity index is 727. The molecule has 0 aliphatic carbocycles. The third-order valence-electron chi connectivity index (χ3n) is 3.77. The lowest BCUT2D eigenvalue weighted by Crippen LogP contribution is -2.40. The summed E-state index contributed by atoms with van der Waals surface area (Å²) in [6, 6.07) is 14.3. The second-order valence-electron chi connectivity index (χ2n) is 5.20. The molecule has 3 rings (SSSR count). The zero-order valence-corrected chi connectivity index (χ0v) is 12.8. The van der Waals surface area contributed by atoms with E-state index in [0.29, 0.717) is 35.7 Å². The van der Waals surface area contributed by atoms with Crippen molar-refractivity contribution in [2.75, 3.05) is 25.2 Å². The van der Waals surface area contributed by atoms with Crippen LogP contribution in [0.5, 0.6) is 11.5 Å². The maximum absolute atomic E-state index is 12.5. The van der Waals surface area contributed by atoms with E-state index in [4.69, 9.17) is 9.47 Å². The Balaban J connectivity index is 1.79. The molecule has 0 bridgehead atoms. The van der Waals surface area contributed by atoms with Crippen molar-refractivity contribution >= 4 is 17.4 Å². The van der Waals surface area contributed by atoms with Crippen LogP contribution < -0.4 is 14.4 Å². The van der Waals surface area contributed by atoms with Crippen molar-refractivity contribution in [3.63, 3.8) is 0 Å². The molecule has 2 aromatic carbocycles. The monoisotopic (exact) mass is 311 g/mol. The number of nitrogens with zero attached hydrogens (tertiary/aromatic N) is 1. The van der Waals surface area contributed by atoms with Crippen LogP contribution in [0.1, 0.15) is 16.8 Å². The maximum Gasteiger partial charge on any atom is 0.264 e. The van der Waals surface area contributed by atoms with E-state index in [2.05, 4.69) is 0 Å². The van der Waals surface area contributed by atoms with Gasteiger partial charge in [-0.2, -0.15) is 0 Å². The van der Waals surface area contributed by atoms with Crippen LogP contribution in [0, 0.1) is 0 Å². The number of hydrogen-bond donors (Lipinski definition) is 0. The molecule has 0 atom stereocenters. The van der Waals surface area contributed by atoms with Gasteiger partial charge in [0.2, 0.25) is 0 Å². The van der Waals surface area contributed by atoms with Crippen LogP contribution >= 0.6 is 0 Å². The number of anilines is 1. The zero-order chi connectivity index (χ0) is 16.2. The molecular formula is C18H17NO4. The first kappa shape index (κ1) is 15.1. The molecule has 23 heavy (non-hydrogen) atoms. The fourth-order valence-electron chi connectivity index (χ4n) is 2.56. The molecule has 0 aromatic heterocycles. The topological polar surface area (TPSA) is 55.8 Å². The minimum absolute atomic E-state index is 0.0377. The number of Topliss-reactive ketones (excluding diaryl/α,β-unsaturated/α-hetero) is 1. The largest absolute Gasteiger partial charge is 0.497 e. The molecule has 0 spiro atoms. The van der Waals surface area contributed by atoms with Crippen LogP contribution in [0.3, 0.4) is 0 Å². The minimum Gasteiger partial charge on any atom is -0.497 e. The van der Waals surface area contributed by atoms with Crippen LogP contribution in [0.4, 0.5) is 5.69 Å². The summed E-state index contributed by atoms with van der Waals surface area (Å²) in [6.45, 7) is 0.283. The standard InChI is InChI=1S/C18H17NO4/c1-22-14-7-8-15-16(11-14)19(10-9-17(15)20)18(21)12-23-13-5-3-2-4-6-13/h2-8,11H,9-10,12H2,1H3. The fourth-order valence-corrected chi connectivity index (χ4v) is 2.56. The van der Waals surface area contributed by atoms with Gasteiger partial charge in [0.15, 0.2) is 12.4 Å². The molecule has 0 saturated heterocycles. The molecule has 1 aliphatic rings. The van der Waals surface area contributed by atoms with Gasteiger partial charge in [-0.05, 0) is 24.3 Å². The van der Waals surface area contributed by atoms with E-state index >= 15 is 0 Å². The van der Waals surface area contributed by atoms with E-state index in [9.17, 15) is 9.59 Å². The molecule has 1 aliphatic heterocycles. The molecule has 1 heterocycles. The van der Waals surface area contributed by atoms with Gasteiger partial charge in [-0.25, -0.2) is 0 Å². The summed E-state index contributed by atoms with van der Waals surface area (Å²) in [5, 5.41) is 0. The number of fused-ring (bicyclic) bond motifs is 1. The van der Waals surface area contributed by atoms with Gasteiger partial charge in [0, 0.05) is 24.6 Å². The Morgan fingerprint density at radius 1 is 1.13 bits per heavy atom. The first-order valence-corrected chi connectivity index (χ1v) is 7.38. The van der Waals surface area contributed by atoms with Gasteiger partial charge in [0.25, 0.3) is 5.91 Å². The Labute approximate surface area is 134 Å². The van der Waals surface area contributed by atoms with Gasteiger partial charge in [0.1, 0.15) is 11.5 Å². The van der Waals surface area contributed by atoms with Gasteiger partial charge in [-0.1, -0.05) is 18.2 Å². The van der Waals surface area contributed by atoms with Gasteiger partial charge in [-0.15, -0.1) is 0 Å². The minimum atomic E-state index is -0.184. The summed E-state index contributed by atoms with van der Waals surface area (Å²) in [4.78, 5) is 26.1. The molecule has 0 fully saturated rings. The Kier molecular flexibility index (Phi) is 4.28. The summed E-state index contributed by atoms with van der Waals surface area (Å²) in [6.07, 6.45) is 0.316. The summed E-state index contributed by atoms with van der Waals surface area (Å²) < 4.78 is 10.7. The van der Waals surface area contributed by atoms with Gasteiger partial charge < -0.3 is 14.4 Å². The van der Waals surface area contributed by atoms with Crippen molar-refractivity contribution in [3.05, 3.63) is 54.1 Å². The number of hydrogen-bond acceptors (Lipinski definition) is 4. The van der Waals surface area contributed by atoms with Crippen LogP contribution in [0.2, 0.25) is 0 Å². The van der Waals surface area contributed by atoms with Crippen molar-refractivity contribution in [1.82, 2.24) is 0 Å². The second-order valence-corrected chi connectivity index (χ2v) is 5.20. The molecule has 5 nitrogen and oxygen atoms in total.